The van der Waals surface area contributed by atoms with Crippen LogP contribution in [0.15, 0.2) is 24.3 Å². The van der Waals surface area contributed by atoms with E-state index in [4.69, 9.17) is 9.47 Å². The van der Waals surface area contributed by atoms with Gasteiger partial charge < -0.3 is 9.47 Å². The normalized spacial score (nSPS) is 18.6. The Kier molecular flexibility index (Phi) is 6.75. The van der Waals surface area contributed by atoms with Crippen LogP contribution in [-0.2, 0) is 4.74 Å². The van der Waals surface area contributed by atoms with Crippen molar-refractivity contribution in [2.45, 2.75) is 72.0 Å². The molecule has 1 aliphatic rings. The first-order valence-corrected chi connectivity index (χ1v) is 8.98. The standard InChI is InChI=1S/C20H32O2/c1-5-16(4)18-10-12-19(13-11-18)22-20(15(2)3)21-14-17-8-6-7-9-17/h10-13,15-17,20H,5-9,14H2,1-4H3. The summed E-state index contributed by atoms with van der Waals surface area (Å²) in [6.45, 7) is 9.64. The third-order valence-corrected chi connectivity index (χ3v) is 4.83. The number of ether oxygens (including phenoxy) is 2. The first kappa shape index (κ1) is 17.3. The van der Waals surface area contributed by atoms with Gasteiger partial charge in [-0.2, -0.15) is 0 Å². The summed E-state index contributed by atoms with van der Waals surface area (Å²) in [7, 11) is 0. The second-order valence-corrected chi connectivity index (χ2v) is 7.09. The second-order valence-electron chi connectivity index (χ2n) is 7.09. The lowest BCUT2D eigenvalue weighted by Gasteiger charge is -2.24. The maximum Gasteiger partial charge on any atom is 0.202 e. The minimum absolute atomic E-state index is 0.143. The van der Waals surface area contributed by atoms with Gasteiger partial charge in [0.05, 0.1) is 6.61 Å². The number of hydrogen-bond acceptors (Lipinski definition) is 2. The lowest BCUT2D eigenvalue weighted by Crippen LogP contribution is -2.28. The zero-order chi connectivity index (χ0) is 15.9. The fourth-order valence-corrected chi connectivity index (χ4v) is 3.02. The Balaban J connectivity index is 1.89. The fourth-order valence-electron chi connectivity index (χ4n) is 3.02. The van der Waals surface area contributed by atoms with Crippen molar-refractivity contribution in [3.63, 3.8) is 0 Å². The molecule has 0 bridgehead atoms. The van der Waals surface area contributed by atoms with Crippen molar-refractivity contribution in [2.24, 2.45) is 11.8 Å². The highest BCUT2D eigenvalue weighted by Crippen LogP contribution is 2.27. The Bertz CT molecular complexity index is 418. The molecule has 0 aromatic heterocycles. The van der Waals surface area contributed by atoms with Crippen molar-refractivity contribution in [1.29, 1.82) is 0 Å². The zero-order valence-corrected chi connectivity index (χ0v) is 14.7. The topological polar surface area (TPSA) is 18.5 Å². The van der Waals surface area contributed by atoms with Crippen LogP contribution in [-0.4, -0.2) is 12.9 Å². The summed E-state index contributed by atoms with van der Waals surface area (Å²) in [5, 5.41) is 0. The minimum Gasteiger partial charge on any atom is -0.465 e. The molecule has 1 aliphatic carbocycles. The van der Waals surface area contributed by atoms with E-state index >= 15 is 0 Å². The van der Waals surface area contributed by atoms with E-state index < -0.39 is 0 Å². The van der Waals surface area contributed by atoms with E-state index in [9.17, 15) is 0 Å². The van der Waals surface area contributed by atoms with Crippen molar-refractivity contribution in [2.75, 3.05) is 6.61 Å². The van der Waals surface area contributed by atoms with Gasteiger partial charge in [-0.05, 0) is 48.8 Å². The maximum absolute atomic E-state index is 6.08. The summed E-state index contributed by atoms with van der Waals surface area (Å²) < 4.78 is 12.1. The summed E-state index contributed by atoms with van der Waals surface area (Å²) in [5.74, 6) is 2.61. The molecule has 1 aromatic rings. The van der Waals surface area contributed by atoms with E-state index in [1.54, 1.807) is 0 Å². The predicted octanol–water partition coefficient (Wildman–Crippen LogP) is 5.77. The molecule has 22 heavy (non-hydrogen) atoms. The van der Waals surface area contributed by atoms with Crippen LogP contribution in [0, 0.1) is 11.8 Å². The Labute approximate surface area is 136 Å². The second kappa shape index (κ2) is 8.57. The number of hydrogen-bond donors (Lipinski definition) is 0. The average molecular weight is 304 g/mol. The van der Waals surface area contributed by atoms with Gasteiger partial charge in [0, 0.05) is 5.92 Å². The molecule has 0 N–H and O–H groups in total. The molecule has 2 heteroatoms. The summed E-state index contributed by atoms with van der Waals surface area (Å²) >= 11 is 0. The van der Waals surface area contributed by atoms with Gasteiger partial charge in [-0.15, -0.1) is 0 Å². The fraction of sp³-hybridized carbons (Fsp3) is 0.700. The molecule has 0 radical (unpaired) electrons. The van der Waals surface area contributed by atoms with Crippen molar-refractivity contribution < 1.29 is 9.47 Å². The molecule has 124 valence electrons. The molecule has 0 aliphatic heterocycles. The van der Waals surface area contributed by atoms with Crippen LogP contribution in [0.5, 0.6) is 5.75 Å². The van der Waals surface area contributed by atoms with Crippen LogP contribution in [0.1, 0.15) is 71.3 Å². The van der Waals surface area contributed by atoms with Crippen LogP contribution in [0.4, 0.5) is 0 Å². The average Bonchev–Trinajstić information content (AvgIpc) is 3.04. The van der Waals surface area contributed by atoms with Crippen molar-refractivity contribution in [3.05, 3.63) is 29.8 Å². The van der Waals surface area contributed by atoms with Crippen molar-refractivity contribution in [3.8, 4) is 5.75 Å². The van der Waals surface area contributed by atoms with E-state index in [0.29, 0.717) is 11.8 Å². The Morgan fingerprint density at radius 1 is 1.05 bits per heavy atom. The van der Waals surface area contributed by atoms with Crippen LogP contribution in [0.2, 0.25) is 0 Å². The molecule has 1 aromatic carbocycles. The van der Waals surface area contributed by atoms with Gasteiger partial charge in [0.25, 0.3) is 0 Å². The Morgan fingerprint density at radius 2 is 1.68 bits per heavy atom. The highest BCUT2D eigenvalue weighted by atomic mass is 16.7. The zero-order valence-electron chi connectivity index (χ0n) is 14.7. The summed E-state index contributed by atoms with van der Waals surface area (Å²) in [6, 6.07) is 8.52. The van der Waals surface area contributed by atoms with Crippen LogP contribution in [0.25, 0.3) is 0 Å². The first-order chi connectivity index (χ1) is 10.6. The van der Waals surface area contributed by atoms with Crippen LogP contribution >= 0.6 is 0 Å². The molecule has 0 spiro atoms. The monoisotopic (exact) mass is 304 g/mol. The van der Waals surface area contributed by atoms with Crippen molar-refractivity contribution in [1.82, 2.24) is 0 Å². The molecule has 2 rings (SSSR count). The first-order valence-electron chi connectivity index (χ1n) is 8.98. The number of rotatable bonds is 8. The molecular weight excluding hydrogens is 272 g/mol. The van der Waals surface area contributed by atoms with Gasteiger partial charge in [0.1, 0.15) is 5.75 Å². The van der Waals surface area contributed by atoms with E-state index in [2.05, 4.69) is 52.0 Å². The number of benzene rings is 1. The largest absolute Gasteiger partial charge is 0.465 e. The minimum atomic E-state index is -0.143. The van der Waals surface area contributed by atoms with E-state index in [-0.39, 0.29) is 6.29 Å². The molecule has 1 fully saturated rings. The molecule has 2 unspecified atom stereocenters. The third-order valence-electron chi connectivity index (χ3n) is 4.83. The molecule has 0 saturated heterocycles. The quantitative estimate of drug-likeness (QED) is 0.568. The van der Waals surface area contributed by atoms with Gasteiger partial charge in [-0.25, -0.2) is 0 Å². The Morgan fingerprint density at radius 3 is 2.23 bits per heavy atom. The van der Waals surface area contributed by atoms with Crippen LogP contribution < -0.4 is 4.74 Å². The molecular formula is C20H32O2. The van der Waals surface area contributed by atoms with Gasteiger partial charge >= 0.3 is 0 Å². The summed E-state index contributed by atoms with van der Waals surface area (Å²) in [5.41, 5.74) is 1.38. The van der Waals surface area contributed by atoms with Crippen LogP contribution in [0.3, 0.4) is 0 Å². The molecule has 0 amide bonds. The molecule has 1 saturated carbocycles. The van der Waals surface area contributed by atoms with Gasteiger partial charge in [-0.3, -0.25) is 0 Å². The molecule has 2 nitrogen and oxygen atoms in total. The van der Waals surface area contributed by atoms with Gasteiger partial charge in [0.2, 0.25) is 6.29 Å². The molecule has 2 atom stereocenters. The van der Waals surface area contributed by atoms with Gasteiger partial charge in [-0.1, -0.05) is 52.7 Å². The SMILES string of the molecule is CCC(C)c1ccc(OC(OCC2CCCC2)C(C)C)cc1. The highest BCUT2D eigenvalue weighted by Gasteiger charge is 2.21. The van der Waals surface area contributed by atoms with Crippen molar-refractivity contribution >= 4 is 0 Å². The Hall–Kier alpha value is -1.02. The van der Waals surface area contributed by atoms with E-state index in [1.165, 1.54) is 37.7 Å². The summed E-state index contributed by atoms with van der Waals surface area (Å²) in [4.78, 5) is 0. The summed E-state index contributed by atoms with van der Waals surface area (Å²) in [6.07, 6.45) is 6.37. The lowest BCUT2D eigenvalue weighted by molar-refractivity contribution is -0.117. The molecule has 0 heterocycles. The predicted molar refractivity (Wildman–Crippen MR) is 92.3 cm³/mol. The van der Waals surface area contributed by atoms with E-state index in [0.717, 1.165) is 18.3 Å². The maximum atomic E-state index is 6.08. The van der Waals surface area contributed by atoms with E-state index in [1.807, 2.05) is 0 Å². The smallest absolute Gasteiger partial charge is 0.202 e. The third kappa shape index (κ3) is 5.01. The lowest BCUT2D eigenvalue weighted by atomic mass is 9.99. The van der Waals surface area contributed by atoms with Gasteiger partial charge in [0.15, 0.2) is 0 Å². The highest BCUT2D eigenvalue weighted by molar-refractivity contribution is 5.29.